The highest BCUT2D eigenvalue weighted by Gasteiger charge is 2.38. The van der Waals surface area contributed by atoms with Crippen LogP contribution >= 0.6 is 15.9 Å². The van der Waals surface area contributed by atoms with Crippen LogP contribution in [0.3, 0.4) is 0 Å². The zero-order chi connectivity index (χ0) is 18.7. The zero-order valence-corrected chi connectivity index (χ0v) is 16.4. The van der Waals surface area contributed by atoms with Gasteiger partial charge in [-0.25, -0.2) is 0 Å². The summed E-state index contributed by atoms with van der Waals surface area (Å²) in [7, 11) is 3.25. The van der Waals surface area contributed by atoms with Gasteiger partial charge in [-0.3, -0.25) is 9.69 Å². The molecule has 0 aromatic heterocycles. The monoisotopic (exact) mass is 419 g/mol. The van der Waals surface area contributed by atoms with Crippen LogP contribution in [0.5, 0.6) is 11.5 Å². The van der Waals surface area contributed by atoms with Crippen molar-refractivity contribution >= 4 is 21.9 Å². The lowest BCUT2D eigenvalue weighted by Gasteiger charge is -2.33. The van der Waals surface area contributed by atoms with E-state index in [1.165, 1.54) is 0 Å². The van der Waals surface area contributed by atoms with Gasteiger partial charge in [0.25, 0.3) is 0 Å². The number of methoxy groups -OCH3 is 2. The molecule has 2 unspecified atom stereocenters. The van der Waals surface area contributed by atoms with Gasteiger partial charge in [0.05, 0.1) is 20.3 Å². The SMILES string of the molecule is COc1ccc(OC)c(C(c2ccc(Br)cc2)N2CCCC2C(=O)O)c1. The Morgan fingerprint density at radius 2 is 1.92 bits per heavy atom. The minimum atomic E-state index is -0.786. The molecule has 0 radical (unpaired) electrons. The van der Waals surface area contributed by atoms with Gasteiger partial charge in [0, 0.05) is 16.6 Å². The summed E-state index contributed by atoms with van der Waals surface area (Å²) in [6, 6.07) is 12.9. The minimum absolute atomic E-state index is 0.225. The Hall–Kier alpha value is -2.05. The molecule has 0 amide bonds. The first-order valence-corrected chi connectivity index (χ1v) is 9.30. The Balaban J connectivity index is 2.15. The number of rotatable bonds is 6. The summed E-state index contributed by atoms with van der Waals surface area (Å²) in [5.41, 5.74) is 1.93. The van der Waals surface area contributed by atoms with E-state index in [4.69, 9.17) is 9.47 Å². The predicted molar refractivity (Wildman–Crippen MR) is 103 cm³/mol. The molecule has 1 heterocycles. The number of carbonyl (C=O) groups is 1. The van der Waals surface area contributed by atoms with Crippen molar-refractivity contribution in [1.82, 2.24) is 4.90 Å². The number of carboxylic acids is 1. The largest absolute Gasteiger partial charge is 0.497 e. The summed E-state index contributed by atoms with van der Waals surface area (Å²) < 4.78 is 12.0. The van der Waals surface area contributed by atoms with E-state index in [-0.39, 0.29) is 6.04 Å². The van der Waals surface area contributed by atoms with E-state index in [0.29, 0.717) is 12.2 Å². The summed E-state index contributed by atoms with van der Waals surface area (Å²) in [5, 5.41) is 9.69. The van der Waals surface area contributed by atoms with Crippen LogP contribution in [-0.4, -0.2) is 42.8 Å². The lowest BCUT2D eigenvalue weighted by atomic mass is 9.95. The quantitative estimate of drug-likeness (QED) is 0.763. The molecule has 2 atom stereocenters. The Kier molecular flexibility index (Phi) is 5.84. The molecule has 2 aromatic rings. The molecule has 1 aliphatic rings. The average molecular weight is 420 g/mol. The smallest absolute Gasteiger partial charge is 0.320 e. The molecular formula is C20H22BrNO4. The summed E-state index contributed by atoms with van der Waals surface area (Å²) in [6.45, 7) is 0.720. The molecule has 3 rings (SSSR count). The van der Waals surface area contributed by atoms with Crippen LogP contribution in [0, 0.1) is 0 Å². The highest BCUT2D eigenvalue weighted by atomic mass is 79.9. The van der Waals surface area contributed by atoms with Gasteiger partial charge in [-0.2, -0.15) is 0 Å². The number of hydrogen-bond acceptors (Lipinski definition) is 4. The maximum absolute atomic E-state index is 11.8. The van der Waals surface area contributed by atoms with Gasteiger partial charge in [0.1, 0.15) is 17.5 Å². The number of halogens is 1. The molecular weight excluding hydrogens is 398 g/mol. The second kappa shape index (κ2) is 8.10. The van der Waals surface area contributed by atoms with E-state index >= 15 is 0 Å². The lowest BCUT2D eigenvalue weighted by Crippen LogP contribution is -2.39. The first-order valence-electron chi connectivity index (χ1n) is 8.51. The number of likely N-dealkylation sites (tertiary alicyclic amines) is 1. The highest BCUT2D eigenvalue weighted by Crippen LogP contribution is 2.40. The van der Waals surface area contributed by atoms with Gasteiger partial charge < -0.3 is 14.6 Å². The predicted octanol–water partition coefficient (Wildman–Crippen LogP) is 4.10. The Labute approximate surface area is 161 Å². The normalized spacial score (nSPS) is 18.5. The van der Waals surface area contributed by atoms with Gasteiger partial charge in [0.2, 0.25) is 0 Å². The van der Waals surface area contributed by atoms with Gasteiger partial charge >= 0.3 is 5.97 Å². The summed E-state index contributed by atoms with van der Waals surface area (Å²) in [6.07, 6.45) is 1.50. The molecule has 26 heavy (non-hydrogen) atoms. The highest BCUT2D eigenvalue weighted by molar-refractivity contribution is 9.10. The molecule has 0 bridgehead atoms. The Morgan fingerprint density at radius 3 is 2.54 bits per heavy atom. The molecule has 1 N–H and O–H groups in total. The van der Waals surface area contributed by atoms with Crippen LogP contribution in [0.25, 0.3) is 0 Å². The Bertz CT molecular complexity index is 778. The van der Waals surface area contributed by atoms with Crippen molar-refractivity contribution in [2.75, 3.05) is 20.8 Å². The molecule has 5 nitrogen and oxygen atoms in total. The van der Waals surface area contributed by atoms with Crippen molar-refractivity contribution in [2.24, 2.45) is 0 Å². The fraction of sp³-hybridized carbons (Fsp3) is 0.350. The number of carboxylic acid groups (broad SMARTS) is 1. The van der Waals surface area contributed by atoms with Crippen molar-refractivity contribution in [2.45, 2.75) is 24.9 Å². The third kappa shape index (κ3) is 3.71. The first kappa shape index (κ1) is 18.7. The van der Waals surface area contributed by atoms with Gasteiger partial charge in [-0.05, 0) is 48.7 Å². The van der Waals surface area contributed by atoms with Crippen molar-refractivity contribution < 1.29 is 19.4 Å². The van der Waals surface area contributed by atoms with Crippen molar-refractivity contribution in [3.05, 3.63) is 58.1 Å². The molecule has 138 valence electrons. The second-order valence-electron chi connectivity index (χ2n) is 6.30. The molecule has 1 saturated heterocycles. The van der Waals surface area contributed by atoms with Crippen molar-refractivity contribution in [1.29, 1.82) is 0 Å². The molecule has 6 heteroatoms. The number of hydrogen-bond donors (Lipinski definition) is 1. The van der Waals surface area contributed by atoms with E-state index in [1.54, 1.807) is 14.2 Å². The molecule has 0 saturated carbocycles. The first-order chi connectivity index (χ1) is 12.5. The van der Waals surface area contributed by atoms with Crippen molar-refractivity contribution in [3.63, 3.8) is 0 Å². The van der Waals surface area contributed by atoms with Gasteiger partial charge in [-0.1, -0.05) is 28.1 Å². The minimum Gasteiger partial charge on any atom is -0.497 e. The maximum Gasteiger partial charge on any atom is 0.320 e. The standard InChI is InChI=1S/C20H22BrNO4/c1-25-15-9-10-18(26-2)16(12-15)19(13-5-7-14(21)8-6-13)22-11-3-4-17(22)20(23)24/h5-10,12,17,19H,3-4,11H2,1-2H3,(H,23,24). The molecule has 0 spiro atoms. The number of nitrogens with zero attached hydrogens (tertiary/aromatic N) is 1. The molecule has 0 aliphatic carbocycles. The van der Waals surface area contributed by atoms with Crippen LogP contribution in [0.15, 0.2) is 46.9 Å². The third-order valence-corrected chi connectivity index (χ3v) is 5.36. The van der Waals surface area contributed by atoms with Gasteiger partial charge in [-0.15, -0.1) is 0 Å². The van der Waals surface area contributed by atoms with Crippen LogP contribution in [0.2, 0.25) is 0 Å². The third-order valence-electron chi connectivity index (χ3n) is 4.83. The number of aliphatic carboxylic acids is 1. The van der Waals surface area contributed by atoms with E-state index in [0.717, 1.165) is 34.3 Å². The van der Waals surface area contributed by atoms with Gasteiger partial charge in [0.15, 0.2) is 0 Å². The van der Waals surface area contributed by atoms with Crippen LogP contribution in [-0.2, 0) is 4.79 Å². The van der Waals surface area contributed by atoms with Crippen molar-refractivity contribution in [3.8, 4) is 11.5 Å². The number of benzene rings is 2. The second-order valence-corrected chi connectivity index (χ2v) is 7.21. The van der Waals surface area contributed by atoms with Crippen LogP contribution in [0.4, 0.5) is 0 Å². The summed E-state index contributed by atoms with van der Waals surface area (Å²) in [4.78, 5) is 13.9. The van der Waals surface area contributed by atoms with Crippen LogP contribution < -0.4 is 9.47 Å². The average Bonchev–Trinajstić information content (AvgIpc) is 3.13. The molecule has 2 aromatic carbocycles. The van der Waals surface area contributed by atoms with E-state index in [1.807, 2.05) is 47.4 Å². The Morgan fingerprint density at radius 1 is 1.19 bits per heavy atom. The maximum atomic E-state index is 11.8. The van der Waals surface area contributed by atoms with E-state index in [2.05, 4.69) is 15.9 Å². The van der Waals surface area contributed by atoms with Crippen LogP contribution in [0.1, 0.15) is 30.0 Å². The topological polar surface area (TPSA) is 59.0 Å². The molecule has 1 aliphatic heterocycles. The molecule has 1 fully saturated rings. The lowest BCUT2D eigenvalue weighted by molar-refractivity contribution is -0.142. The number of ether oxygens (including phenoxy) is 2. The summed E-state index contributed by atoms with van der Waals surface area (Å²) >= 11 is 3.47. The summed E-state index contributed by atoms with van der Waals surface area (Å²) in [5.74, 6) is 0.648. The zero-order valence-electron chi connectivity index (χ0n) is 14.8. The van der Waals surface area contributed by atoms with E-state index in [9.17, 15) is 9.90 Å². The fourth-order valence-electron chi connectivity index (χ4n) is 3.61. The van der Waals surface area contributed by atoms with E-state index < -0.39 is 12.0 Å². The fourth-order valence-corrected chi connectivity index (χ4v) is 3.88.